The number of cyclic esters (lactones) is 1. The third kappa shape index (κ3) is 11.4. The highest BCUT2D eigenvalue weighted by Gasteiger charge is 2.46. The van der Waals surface area contributed by atoms with E-state index in [0.29, 0.717) is 64.7 Å². The number of fused-ring (bicyclic) bond motifs is 5. The number of hydrogen-bond acceptors (Lipinski definition) is 15. The molecule has 0 unspecified atom stereocenters. The summed E-state index contributed by atoms with van der Waals surface area (Å²) in [6.07, 6.45) is 4.67. The second-order valence-electron chi connectivity index (χ2n) is 17.9. The molecule has 71 heavy (non-hydrogen) atoms. The van der Waals surface area contributed by atoms with Gasteiger partial charge < -0.3 is 45.7 Å². The zero-order valence-corrected chi connectivity index (χ0v) is 40.7. The van der Waals surface area contributed by atoms with Gasteiger partial charge >= 0.3 is 5.97 Å². The Labute approximate surface area is 407 Å². The molecule has 3 aromatic heterocycles. The van der Waals surface area contributed by atoms with E-state index in [4.69, 9.17) is 14.5 Å². The number of amides is 5. The lowest BCUT2D eigenvalue weighted by Crippen LogP contribution is -2.54. The molecule has 1 fully saturated rings. The second kappa shape index (κ2) is 21.1. The Morgan fingerprint density at radius 1 is 0.958 bits per heavy atom. The predicted octanol–water partition coefficient (Wildman–Crippen LogP) is 0.942. The Kier molecular flexibility index (Phi) is 15.3. The normalized spacial score (nSPS) is 17.4. The summed E-state index contributed by atoms with van der Waals surface area (Å²) < 4.78 is 50.5. The van der Waals surface area contributed by atoms with Gasteiger partial charge in [-0.1, -0.05) is 18.8 Å². The molecule has 6 N–H and O–H groups in total. The number of esters is 1. The first kappa shape index (κ1) is 51.7. The average Bonchev–Trinajstić information content (AvgIpc) is 4.10. The summed E-state index contributed by atoms with van der Waals surface area (Å²) in [7, 11) is -3.54. The minimum absolute atomic E-state index is 0.0409. The molecular weight excluding hydrogens is 946 g/mol. The number of aryl methyl sites for hydroxylation is 1. The summed E-state index contributed by atoms with van der Waals surface area (Å²) in [6, 6.07) is 1.27. The van der Waals surface area contributed by atoms with Gasteiger partial charge in [0.1, 0.15) is 43.4 Å². The quantitative estimate of drug-likeness (QED) is 0.0234. The molecular formula is C48H54FN9O12S. The summed E-state index contributed by atoms with van der Waals surface area (Å²) in [4.78, 5) is 104. The Bertz CT molecular complexity index is 3080. The van der Waals surface area contributed by atoms with Crippen molar-refractivity contribution in [3.05, 3.63) is 80.1 Å². The minimum Gasteiger partial charge on any atom is -0.458 e. The predicted molar refractivity (Wildman–Crippen MR) is 250 cm³/mol. The van der Waals surface area contributed by atoms with E-state index in [-0.39, 0.29) is 67.0 Å². The molecule has 3 aliphatic rings. The van der Waals surface area contributed by atoms with E-state index in [9.17, 15) is 51.5 Å². The van der Waals surface area contributed by atoms with Gasteiger partial charge in [0, 0.05) is 60.6 Å². The van der Waals surface area contributed by atoms with Gasteiger partial charge in [-0.3, -0.25) is 28.8 Å². The summed E-state index contributed by atoms with van der Waals surface area (Å²) >= 11 is 0. The number of aromatic nitrogens is 4. The summed E-state index contributed by atoms with van der Waals surface area (Å²) in [6.45, 7) is 6.74. The maximum atomic E-state index is 15.0. The number of sulfone groups is 1. The molecule has 5 atom stereocenters. The van der Waals surface area contributed by atoms with Crippen molar-refractivity contribution in [1.82, 2.24) is 46.1 Å². The smallest absolute Gasteiger partial charge is 0.343 e. The molecule has 0 spiro atoms. The van der Waals surface area contributed by atoms with Crippen LogP contribution in [0.15, 0.2) is 40.5 Å². The fourth-order valence-corrected chi connectivity index (χ4v) is 8.70. The van der Waals surface area contributed by atoms with Crippen LogP contribution in [0.2, 0.25) is 0 Å². The van der Waals surface area contributed by atoms with Crippen molar-refractivity contribution in [2.24, 2.45) is 5.92 Å². The van der Waals surface area contributed by atoms with E-state index in [1.807, 2.05) is 0 Å². The van der Waals surface area contributed by atoms with Crippen LogP contribution >= 0.6 is 0 Å². The molecule has 2 aliphatic heterocycles. The van der Waals surface area contributed by atoms with Gasteiger partial charge in [-0.25, -0.2) is 32.6 Å². The number of aliphatic hydroxyl groups is 1. The van der Waals surface area contributed by atoms with Crippen LogP contribution < -0.4 is 32.1 Å². The molecule has 5 heterocycles. The van der Waals surface area contributed by atoms with E-state index in [1.54, 1.807) is 26.0 Å². The van der Waals surface area contributed by atoms with Gasteiger partial charge in [-0.05, 0) is 82.6 Å². The molecule has 0 saturated heterocycles. The molecule has 7 rings (SSSR count). The fraction of sp³-hybridized carbons (Fsp3) is 0.458. The lowest BCUT2D eigenvalue weighted by Gasteiger charge is -2.31. The number of benzene rings is 1. The summed E-state index contributed by atoms with van der Waals surface area (Å²) in [5, 5.41) is 24.6. The average molecular weight is 1000 g/mol. The van der Waals surface area contributed by atoms with Crippen molar-refractivity contribution >= 4 is 56.2 Å². The molecule has 1 aliphatic carbocycles. The van der Waals surface area contributed by atoms with E-state index in [1.165, 1.54) is 43.8 Å². The highest BCUT2D eigenvalue weighted by atomic mass is 32.2. The number of pyridine rings is 2. The molecule has 1 saturated carbocycles. The van der Waals surface area contributed by atoms with Gasteiger partial charge in [0.2, 0.25) is 44.5 Å². The van der Waals surface area contributed by atoms with Gasteiger partial charge in [-0.2, -0.15) is 0 Å². The minimum atomic E-state index is -3.54. The van der Waals surface area contributed by atoms with Crippen LogP contribution in [0.5, 0.6) is 0 Å². The Balaban J connectivity index is 0.893. The van der Waals surface area contributed by atoms with Crippen LogP contribution in [-0.2, 0) is 73.4 Å². The van der Waals surface area contributed by atoms with Crippen LogP contribution in [0.3, 0.4) is 0 Å². The lowest BCUT2D eigenvalue weighted by molar-refractivity contribution is -0.172. The molecule has 0 bridgehead atoms. The van der Waals surface area contributed by atoms with Crippen LogP contribution in [0.25, 0.3) is 22.3 Å². The van der Waals surface area contributed by atoms with Crippen LogP contribution in [0.1, 0.15) is 99.6 Å². The highest BCUT2D eigenvalue weighted by molar-refractivity contribution is 7.90. The first-order chi connectivity index (χ1) is 33.6. The number of ether oxygens (including phenoxy) is 2. The third-order valence-corrected chi connectivity index (χ3v) is 13.4. The van der Waals surface area contributed by atoms with Gasteiger partial charge in [-0.15, -0.1) is 0 Å². The first-order valence-electron chi connectivity index (χ1n) is 23.0. The number of nitrogens with one attached hydrogen (secondary N) is 5. The van der Waals surface area contributed by atoms with Gasteiger partial charge in [0.15, 0.2) is 5.60 Å². The van der Waals surface area contributed by atoms with Gasteiger partial charge in [0.05, 0.1) is 34.6 Å². The highest BCUT2D eigenvalue weighted by Crippen LogP contribution is 2.41. The standard InChI is InChI=1S/C48H54FN9O12S/c1-7-48(66)34-16-37-39-32(21-58(37)45(64)33(34)22-69-46(48)65)31(30-15-24(2)35(49)17-36(30)57-39)20-50-44(63)40(29-13-14-29)70-23-53-41(60)25(3)55-43(62)27(5)56-42(61)26(4)54-38(59)12-10-8-9-11-28-18-51-47(52-19-28)71(6,67)68/h15-19,25-27,29,40,66H,7-8,10,12-14,20-23H2,1-6H3,(H,50,63)(H,53,60)(H,54,59)(H,55,62)(H,56,61)/t25-,26-,27-,40+,48-/m0/s1. The third-order valence-electron chi connectivity index (χ3n) is 12.5. The van der Waals surface area contributed by atoms with Crippen LogP contribution in [0, 0.1) is 30.5 Å². The number of carbonyl (C=O) groups excluding carboxylic acids is 6. The zero-order chi connectivity index (χ0) is 51.5. The summed E-state index contributed by atoms with van der Waals surface area (Å²) in [5.74, 6) is 1.24. The van der Waals surface area contributed by atoms with Crippen molar-refractivity contribution < 1.29 is 56.2 Å². The molecule has 5 amide bonds. The largest absolute Gasteiger partial charge is 0.458 e. The maximum absolute atomic E-state index is 15.0. The van der Waals surface area contributed by atoms with E-state index in [2.05, 4.69) is 48.4 Å². The van der Waals surface area contributed by atoms with Gasteiger partial charge in [0.25, 0.3) is 5.56 Å². The summed E-state index contributed by atoms with van der Waals surface area (Å²) in [5.41, 5.74) is 0.547. The number of nitrogens with zero attached hydrogens (tertiary/aromatic N) is 4. The topological polar surface area (TPSA) is 296 Å². The number of halogens is 1. The van der Waals surface area contributed by atoms with E-state index in [0.717, 1.165) is 6.26 Å². The molecule has 0 radical (unpaired) electrons. The van der Waals surface area contributed by atoms with E-state index < -0.39 is 86.5 Å². The molecule has 21 nitrogen and oxygen atoms in total. The zero-order valence-electron chi connectivity index (χ0n) is 39.9. The van der Waals surface area contributed by atoms with Crippen molar-refractivity contribution in [2.45, 2.75) is 128 Å². The Morgan fingerprint density at radius 3 is 2.27 bits per heavy atom. The SMILES string of the molecule is CC[C@@]1(O)C(=O)OCc2c1cc1n(c2=O)Cc2c-1nc1cc(F)c(C)cc1c2CNC(=O)[C@H](OCNC(=O)[C@H](C)NC(=O)[C@H](C)NC(=O)[C@H](C)NC(=O)CCCC#Cc1cnc(S(C)(=O)=O)nc1)C1CC1. The Morgan fingerprint density at radius 2 is 1.62 bits per heavy atom. The van der Waals surface area contributed by atoms with Crippen molar-refractivity contribution in [3.8, 4) is 23.2 Å². The molecule has 4 aromatic rings. The lowest BCUT2D eigenvalue weighted by atomic mass is 9.86. The second-order valence-corrected chi connectivity index (χ2v) is 19.8. The van der Waals surface area contributed by atoms with Crippen molar-refractivity contribution in [2.75, 3.05) is 13.0 Å². The first-order valence-corrected chi connectivity index (χ1v) is 24.9. The Hall–Kier alpha value is -7.16. The monoisotopic (exact) mass is 999 g/mol. The van der Waals surface area contributed by atoms with Crippen molar-refractivity contribution in [1.29, 1.82) is 0 Å². The molecule has 376 valence electrons. The number of rotatable bonds is 18. The van der Waals surface area contributed by atoms with Crippen LogP contribution in [0.4, 0.5) is 4.39 Å². The maximum Gasteiger partial charge on any atom is 0.343 e. The van der Waals surface area contributed by atoms with Crippen LogP contribution in [-0.4, -0.2) is 106 Å². The van der Waals surface area contributed by atoms with Crippen molar-refractivity contribution in [3.63, 3.8) is 0 Å². The number of carbonyl (C=O) groups is 6. The number of unbranched alkanes of at least 4 members (excludes halogenated alkanes) is 1. The van der Waals surface area contributed by atoms with E-state index >= 15 is 0 Å². The number of hydrogen-bond donors (Lipinski definition) is 6. The molecule has 23 heteroatoms. The molecule has 1 aromatic carbocycles. The fourth-order valence-electron chi connectivity index (χ4n) is 8.21.